The second-order valence-corrected chi connectivity index (χ2v) is 6.86. The number of aliphatic hydroxyl groups is 1. The van der Waals surface area contributed by atoms with Crippen LogP contribution in [0.2, 0.25) is 0 Å². The largest absolute Gasteiger partial charge is 0.461 e. The quantitative estimate of drug-likeness (QED) is 0.766. The summed E-state index contributed by atoms with van der Waals surface area (Å²) < 4.78 is 7.43. The van der Waals surface area contributed by atoms with Gasteiger partial charge in [-0.15, -0.1) is 0 Å². The number of aromatic nitrogens is 2. The Bertz CT molecular complexity index is 921. The van der Waals surface area contributed by atoms with Crippen molar-refractivity contribution in [1.29, 1.82) is 0 Å². The molecule has 1 amide bonds. The fourth-order valence-electron chi connectivity index (χ4n) is 3.57. The molecule has 4 rings (SSSR count). The van der Waals surface area contributed by atoms with Crippen LogP contribution in [0.1, 0.15) is 40.6 Å². The number of fused-ring (bicyclic) bond motifs is 1. The summed E-state index contributed by atoms with van der Waals surface area (Å²) in [6.07, 6.45) is 4.77. The van der Waals surface area contributed by atoms with E-state index in [2.05, 4.69) is 10.4 Å². The predicted octanol–water partition coefficient (Wildman–Crippen LogP) is 2.72. The van der Waals surface area contributed by atoms with Gasteiger partial charge < -0.3 is 14.8 Å². The second kappa shape index (κ2) is 6.04. The van der Waals surface area contributed by atoms with Crippen LogP contribution < -0.4 is 5.32 Å². The molecule has 0 radical (unpaired) electrons. The number of carbonyl (C=O) groups is 1. The molecule has 2 N–H and O–H groups in total. The molecule has 0 unspecified atom stereocenters. The lowest BCUT2D eigenvalue weighted by Gasteiger charge is -2.37. The summed E-state index contributed by atoms with van der Waals surface area (Å²) in [7, 11) is 1.85. The van der Waals surface area contributed by atoms with Crippen molar-refractivity contribution >= 4 is 16.9 Å². The number of amides is 1. The van der Waals surface area contributed by atoms with Crippen LogP contribution >= 0.6 is 0 Å². The summed E-state index contributed by atoms with van der Waals surface area (Å²) in [6, 6.07) is 7.32. The number of hydrogen-bond donors (Lipinski definition) is 2. The van der Waals surface area contributed by atoms with Crippen LogP contribution in [0.3, 0.4) is 0 Å². The van der Waals surface area contributed by atoms with Gasteiger partial charge in [-0.25, -0.2) is 0 Å². The molecule has 1 fully saturated rings. The molecule has 1 atom stereocenters. The molecule has 1 saturated carbocycles. The van der Waals surface area contributed by atoms with E-state index in [4.69, 9.17) is 4.42 Å². The first-order chi connectivity index (χ1) is 12.0. The minimum Gasteiger partial charge on any atom is -0.461 e. The maximum Gasteiger partial charge on any atom is 0.255 e. The van der Waals surface area contributed by atoms with Crippen molar-refractivity contribution in [2.45, 2.75) is 31.9 Å². The highest BCUT2D eigenvalue weighted by atomic mass is 16.3. The third kappa shape index (κ3) is 2.93. The first kappa shape index (κ1) is 15.9. The van der Waals surface area contributed by atoms with E-state index in [1.165, 1.54) is 0 Å². The molecular weight excluding hydrogens is 318 g/mol. The molecule has 2 heterocycles. The predicted molar refractivity (Wildman–Crippen MR) is 93.1 cm³/mol. The van der Waals surface area contributed by atoms with Crippen LogP contribution in [-0.4, -0.2) is 26.9 Å². The molecule has 3 aromatic rings. The van der Waals surface area contributed by atoms with Crippen LogP contribution in [0.15, 0.2) is 41.1 Å². The molecule has 25 heavy (non-hydrogen) atoms. The zero-order valence-electron chi connectivity index (χ0n) is 14.3. The van der Waals surface area contributed by atoms with E-state index in [-0.39, 0.29) is 24.0 Å². The molecule has 6 heteroatoms. The Morgan fingerprint density at radius 1 is 1.44 bits per heavy atom. The lowest BCUT2D eigenvalue weighted by atomic mass is 9.75. The van der Waals surface area contributed by atoms with Gasteiger partial charge in [-0.3, -0.25) is 9.48 Å². The second-order valence-electron chi connectivity index (χ2n) is 6.86. The topological polar surface area (TPSA) is 80.3 Å². The molecule has 2 aromatic heterocycles. The lowest BCUT2D eigenvalue weighted by molar-refractivity contribution is 0.0235. The van der Waals surface area contributed by atoms with Gasteiger partial charge >= 0.3 is 0 Å². The number of benzene rings is 1. The van der Waals surface area contributed by atoms with Crippen molar-refractivity contribution < 1.29 is 14.3 Å². The van der Waals surface area contributed by atoms with Crippen molar-refractivity contribution in [3.63, 3.8) is 0 Å². The number of furan rings is 1. The van der Waals surface area contributed by atoms with Gasteiger partial charge in [-0.1, -0.05) is 12.1 Å². The Hall–Kier alpha value is -2.60. The van der Waals surface area contributed by atoms with Gasteiger partial charge in [-0.2, -0.15) is 5.10 Å². The average Bonchev–Trinajstić information content (AvgIpc) is 3.13. The highest BCUT2D eigenvalue weighted by Gasteiger charge is 2.36. The standard InChI is InChI=1S/C19H21N3O3/c1-11-6-12-4-3-5-16(18(12)25-11)19(24)21-17(13-7-15(23)8-13)14-9-20-22(2)10-14/h3-6,9-10,13,15,17,23H,7-8H2,1-2H3,(H,21,24)/t13?,15?,17-/m0/s1. The van der Waals surface area contributed by atoms with E-state index >= 15 is 0 Å². The Labute approximate surface area is 145 Å². The SMILES string of the molecule is Cc1cc2cccc(C(=O)N[C@H](c3cnn(C)c3)C3CC(O)C3)c2o1. The lowest BCUT2D eigenvalue weighted by Crippen LogP contribution is -2.41. The molecule has 6 nitrogen and oxygen atoms in total. The number of nitrogens with zero attached hydrogens (tertiary/aromatic N) is 2. The molecule has 1 aromatic carbocycles. The van der Waals surface area contributed by atoms with Crippen LogP contribution in [0.5, 0.6) is 0 Å². The molecule has 0 spiro atoms. The number of hydrogen-bond acceptors (Lipinski definition) is 4. The Kier molecular flexibility index (Phi) is 3.84. The van der Waals surface area contributed by atoms with Gasteiger partial charge in [-0.05, 0) is 37.8 Å². The smallest absolute Gasteiger partial charge is 0.255 e. The highest BCUT2D eigenvalue weighted by molar-refractivity contribution is 6.05. The summed E-state index contributed by atoms with van der Waals surface area (Å²) in [5.74, 6) is 0.817. The van der Waals surface area contributed by atoms with Gasteiger partial charge in [0.1, 0.15) is 11.3 Å². The summed E-state index contributed by atoms with van der Waals surface area (Å²) >= 11 is 0. The summed E-state index contributed by atoms with van der Waals surface area (Å²) in [5.41, 5.74) is 2.09. The van der Waals surface area contributed by atoms with Gasteiger partial charge in [0.2, 0.25) is 0 Å². The number of rotatable bonds is 4. The van der Waals surface area contributed by atoms with E-state index in [1.807, 2.05) is 38.4 Å². The molecular formula is C19H21N3O3. The van der Waals surface area contributed by atoms with Gasteiger partial charge in [0, 0.05) is 24.2 Å². The van der Waals surface area contributed by atoms with E-state index in [9.17, 15) is 9.90 Å². The third-order valence-electron chi connectivity index (χ3n) is 4.90. The number of carbonyl (C=O) groups excluding carboxylic acids is 1. The number of aryl methyl sites for hydroxylation is 2. The van der Waals surface area contributed by atoms with E-state index in [1.54, 1.807) is 16.9 Å². The van der Waals surface area contributed by atoms with E-state index in [0.29, 0.717) is 24.0 Å². The van der Waals surface area contributed by atoms with Crippen molar-refractivity contribution in [2.24, 2.45) is 13.0 Å². The Morgan fingerprint density at radius 2 is 2.24 bits per heavy atom. The summed E-state index contributed by atoms with van der Waals surface area (Å²) in [5, 5.41) is 17.9. The monoisotopic (exact) mass is 339 g/mol. The van der Waals surface area contributed by atoms with Gasteiger partial charge in [0.25, 0.3) is 5.91 Å². The summed E-state index contributed by atoms with van der Waals surface area (Å²) in [6.45, 7) is 1.87. The first-order valence-electron chi connectivity index (χ1n) is 8.48. The minimum atomic E-state index is -0.280. The minimum absolute atomic E-state index is 0.170. The molecule has 0 bridgehead atoms. The van der Waals surface area contributed by atoms with Crippen LogP contribution in [0.25, 0.3) is 11.0 Å². The maximum absolute atomic E-state index is 12.9. The van der Waals surface area contributed by atoms with Crippen molar-refractivity contribution in [3.05, 3.63) is 53.5 Å². The average molecular weight is 339 g/mol. The highest BCUT2D eigenvalue weighted by Crippen LogP contribution is 2.38. The zero-order valence-corrected chi connectivity index (χ0v) is 14.3. The zero-order chi connectivity index (χ0) is 17.6. The molecule has 0 aliphatic heterocycles. The Morgan fingerprint density at radius 3 is 2.92 bits per heavy atom. The Balaban J connectivity index is 1.63. The molecule has 1 aliphatic carbocycles. The number of aliphatic hydroxyl groups excluding tert-OH is 1. The molecule has 1 aliphatic rings. The normalized spacial score (nSPS) is 21.1. The van der Waals surface area contributed by atoms with Gasteiger partial charge in [0.05, 0.1) is 23.9 Å². The summed E-state index contributed by atoms with van der Waals surface area (Å²) in [4.78, 5) is 12.9. The molecule has 0 saturated heterocycles. The fourth-order valence-corrected chi connectivity index (χ4v) is 3.57. The first-order valence-corrected chi connectivity index (χ1v) is 8.48. The van der Waals surface area contributed by atoms with Crippen molar-refractivity contribution in [2.75, 3.05) is 0 Å². The van der Waals surface area contributed by atoms with Crippen LogP contribution in [0, 0.1) is 12.8 Å². The van der Waals surface area contributed by atoms with Crippen LogP contribution in [0.4, 0.5) is 0 Å². The molecule has 130 valence electrons. The maximum atomic E-state index is 12.9. The number of para-hydroxylation sites is 1. The van der Waals surface area contributed by atoms with Crippen LogP contribution in [-0.2, 0) is 7.05 Å². The number of nitrogens with one attached hydrogen (secondary N) is 1. The van der Waals surface area contributed by atoms with Gasteiger partial charge in [0.15, 0.2) is 0 Å². The fraction of sp³-hybridized carbons (Fsp3) is 0.368. The van der Waals surface area contributed by atoms with Crippen molar-refractivity contribution in [3.8, 4) is 0 Å². The van der Waals surface area contributed by atoms with Crippen molar-refractivity contribution in [1.82, 2.24) is 15.1 Å². The third-order valence-corrected chi connectivity index (χ3v) is 4.90. The van der Waals surface area contributed by atoms with E-state index in [0.717, 1.165) is 16.7 Å². The van der Waals surface area contributed by atoms with E-state index < -0.39 is 0 Å².